The van der Waals surface area contributed by atoms with E-state index in [1.165, 1.54) is 4.68 Å². The Kier molecular flexibility index (Phi) is 1.66. The minimum atomic E-state index is -0.127. The molecule has 0 unspecified atom stereocenters. The predicted molar refractivity (Wildman–Crippen MR) is 51.1 cm³/mol. The average molecular weight is 198 g/mol. The Bertz CT molecular complexity index is 526. The highest BCUT2D eigenvalue weighted by atomic mass is 35.5. The molecule has 13 heavy (non-hydrogen) atoms. The summed E-state index contributed by atoms with van der Waals surface area (Å²) in [6, 6.07) is 0. The first-order valence-electron chi connectivity index (χ1n) is 3.81. The third-order valence-electron chi connectivity index (χ3n) is 2.05. The number of hydrogen-bond acceptors (Lipinski definition) is 2. The van der Waals surface area contributed by atoms with E-state index >= 15 is 0 Å². The van der Waals surface area contributed by atoms with Gasteiger partial charge in [0.15, 0.2) is 0 Å². The predicted octanol–water partition coefficient (Wildman–Crippen LogP) is 1.22. The molecule has 0 aliphatic rings. The van der Waals surface area contributed by atoms with Gasteiger partial charge in [0.25, 0.3) is 5.56 Å². The standard InChI is InChI=1S/C8H8ClN3O/c1-4-6-5(7(9)11-4)3-10-12(2)8(6)13/h3,11H,1-2H3. The van der Waals surface area contributed by atoms with Crippen LogP contribution in [0.5, 0.6) is 0 Å². The second-order valence-corrected chi connectivity index (χ2v) is 3.30. The Balaban J connectivity index is 3.08. The Morgan fingerprint density at radius 3 is 3.00 bits per heavy atom. The summed E-state index contributed by atoms with van der Waals surface area (Å²) in [6.07, 6.45) is 1.59. The van der Waals surface area contributed by atoms with Crippen molar-refractivity contribution < 1.29 is 0 Å². The van der Waals surface area contributed by atoms with E-state index in [4.69, 9.17) is 11.6 Å². The van der Waals surface area contributed by atoms with Crippen LogP contribution in [0.4, 0.5) is 0 Å². The number of H-pyrrole nitrogens is 1. The number of nitrogens with zero attached hydrogens (tertiary/aromatic N) is 2. The molecule has 0 aliphatic carbocycles. The maximum Gasteiger partial charge on any atom is 0.276 e. The van der Waals surface area contributed by atoms with Crippen LogP contribution in [-0.4, -0.2) is 14.8 Å². The SMILES string of the molecule is Cc1[nH]c(Cl)c2cnn(C)c(=O)c12. The molecule has 0 saturated heterocycles. The summed E-state index contributed by atoms with van der Waals surface area (Å²) in [5.41, 5.74) is 0.654. The summed E-state index contributed by atoms with van der Waals surface area (Å²) >= 11 is 5.86. The molecular formula is C8H8ClN3O. The van der Waals surface area contributed by atoms with Gasteiger partial charge in [-0.3, -0.25) is 4.79 Å². The van der Waals surface area contributed by atoms with Gasteiger partial charge in [0.2, 0.25) is 0 Å². The fourth-order valence-electron chi connectivity index (χ4n) is 1.36. The van der Waals surface area contributed by atoms with Crippen molar-refractivity contribution in [3.05, 3.63) is 27.4 Å². The van der Waals surface area contributed by atoms with E-state index in [-0.39, 0.29) is 5.56 Å². The first-order valence-corrected chi connectivity index (χ1v) is 4.19. The van der Waals surface area contributed by atoms with Gasteiger partial charge in [0, 0.05) is 18.1 Å². The topological polar surface area (TPSA) is 50.7 Å². The molecule has 0 amide bonds. The molecular weight excluding hydrogens is 190 g/mol. The Morgan fingerprint density at radius 1 is 1.62 bits per heavy atom. The van der Waals surface area contributed by atoms with E-state index in [1.54, 1.807) is 13.2 Å². The van der Waals surface area contributed by atoms with Crippen LogP contribution in [0.25, 0.3) is 10.8 Å². The summed E-state index contributed by atoms with van der Waals surface area (Å²) in [5.74, 6) is 0. The van der Waals surface area contributed by atoms with Crippen molar-refractivity contribution in [2.24, 2.45) is 7.05 Å². The highest BCUT2D eigenvalue weighted by Gasteiger charge is 2.10. The molecule has 0 atom stereocenters. The Hall–Kier alpha value is -1.29. The molecule has 0 saturated carbocycles. The molecule has 68 valence electrons. The highest BCUT2D eigenvalue weighted by Crippen LogP contribution is 2.21. The first-order chi connectivity index (χ1) is 6.11. The average Bonchev–Trinajstić information content (AvgIpc) is 2.35. The monoisotopic (exact) mass is 197 g/mol. The largest absolute Gasteiger partial charge is 0.349 e. The van der Waals surface area contributed by atoms with Gasteiger partial charge in [0.1, 0.15) is 5.15 Å². The van der Waals surface area contributed by atoms with E-state index in [0.29, 0.717) is 15.9 Å². The highest BCUT2D eigenvalue weighted by molar-refractivity contribution is 6.34. The summed E-state index contributed by atoms with van der Waals surface area (Å²) in [7, 11) is 1.61. The van der Waals surface area contributed by atoms with Gasteiger partial charge in [-0.1, -0.05) is 11.6 Å². The quantitative estimate of drug-likeness (QED) is 0.691. The minimum absolute atomic E-state index is 0.127. The van der Waals surface area contributed by atoms with Gasteiger partial charge in [-0.15, -0.1) is 0 Å². The van der Waals surface area contributed by atoms with E-state index < -0.39 is 0 Å². The molecule has 0 aromatic carbocycles. The zero-order valence-corrected chi connectivity index (χ0v) is 8.01. The molecule has 4 nitrogen and oxygen atoms in total. The molecule has 1 N–H and O–H groups in total. The second kappa shape index (κ2) is 2.60. The van der Waals surface area contributed by atoms with Crippen LogP contribution in [0.3, 0.4) is 0 Å². The zero-order valence-electron chi connectivity index (χ0n) is 7.26. The molecule has 0 spiro atoms. The van der Waals surface area contributed by atoms with Gasteiger partial charge >= 0.3 is 0 Å². The zero-order chi connectivity index (χ0) is 9.59. The number of halogens is 1. The Labute approximate surface area is 79.1 Å². The summed E-state index contributed by atoms with van der Waals surface area (Å²) in [6.45, 7) is 1.82. The number of rotatable bonds is 0. The lowest BCUT2D eigenvalue weighted by atomic mass is 10.3. The lowest BCUT2D eigenvalue weighted by molar-refractivity contribution is 0.718. The fourth-order valence-corrected chi connectivity index (χ4v) is 1.65. The Morgan fingerprint density at radius 2 is 2.31 bits per heavy atom. The normalized spacial score (nSPS) is 11.0. The third kappa shape index (κ3) is 1.06. The number of nitrogens with one attached hydrogen (secondary N) is 1. The van der Waals surface area contributed by atoms with E-state index in [0.717, 1.165) is 5.69 Å². The molecule has 0 fully saturated rings. The number of aromatic nitrogens is 3. The minimum Gasteiger partial charge on any atom is -0.349 e. The fraction of sp³-hybridized carbons (Fsp3) is 0.250. The first kappa shape index (κ1) is 8.31. The maximum atomic E-state index is 11.6. The van der Waals surface area contributed by atoms with Crippen LogP contribution in [0, 0.1) is 6.92 Å². The lowest BCUT2D eigenvalue weighted by Crippen LogP contribution is -2.18. The van der Waals surface area contributed by atoms with Crippen molar-refractivity contribution in [1.29, 1.82) is 0 Å². The van der Waals surface area contributed by atoms with Gasteiger partial charge < -0.3 is 4.98 Å². The summed E-state index contributed by atoms with van der Waals surface area (Å²) < 4.78 is 1.29. The molecule has 0 radical (unpaired) electrons. The van der Waals surface area contributed by atoms with Crippen molar-refractivity contribution in [3.63, 3.8) is 0 Å². The van der Waals surface area contributed by atoms with Crippen molar-refractivity contribution in [3.8, 4) is 0 Å². The van der Waals surface area contributed by atoms with Crippen molar-refractivity contribution >= 4 is 22.4 Å². The maximum absolute atomic E-state index is 11.6. The summed E-state index contributed by atoms with van der Waals surface area (Å²) in [5, 5.41) is 5.65. The van der Waals surface area contributed by atoms with E-state index in [9.17, 15) is 4.79 Å². The van der Waals surface area contributed by atoms with Crippen molar-refractivity contribution in [2.75, 3.05) is 0 Å². The van der Waals surface area contributed by atoms with Gasteiger partial charge in [-0.2, -0.15) is 5.10 Å². The molecule has 2 aromatic heterocycles. The van der Waals surface area contributed by atoms with Gasteiger partial charge in [0.05, 0.1) is 11.6 Å². The van der Waals surface area contributed by atoms with Crippen LogP contribution >= 0.6 is 11.6 Å². The van der Waals surface area contributed by atoms with Crippen LogP contribution in [0.1, 0.15) is 5.69 Å². The van der Waals surface area contributed by atoms with Crippen molar-refractivity contribution in [1.82, 2.24) is 14.8 Å². The van der Waals surface area contributed by atoms with Crippen LogP contribution in [0.2, 0.25) is 5.15 Å². The smallest absolute Gasteiger partial charge is 0.276 e. The van der Waals surface area contributed by atoms with E-state index in [2.05, 4.69) is 10.1 Å². The lowest BCUT2D eigenvalue weighted by Gasteiger charge is -1.95. The number of hydrogen-bond donors (Lipinski definition) is 1. The van der Waals surface area contributed by atoms with E-state index in [1.807, 2.05) is 6.92 Å². The second-order valence-electron chi connectivity index (χ2n) is 2.93. The van der Waals surface area contributed by atoms with Crippen molar-refractivity contribution in [2.45, 2.75) is 6.92 Å². The van der Waals surface area contributed by atoms with Gasteiger partial charge in [-0.05, 0) is 6.92 Å². The molecule has 5 heteroatoms. The molecule has 0 bridgehead atoms. The number of fused-ring (bicyclic) bond motifs is 1. The molecule has 2 rings (SSSR count). The molecule has 2 heterocycles. The van der Waals surface area contributed by atoms with Gasteiger partial charge in [-0.25, -0.2) is 4.68 Å². The van der Waals surface area contributed by atoms with Crippen LogP contribution in [-0.2, 0) is 7.05 Å². The molecule has 0 aliphatic heterocycles. The number of aromatic amines is 1. The third-order valence-corrected chi connectivity index (χ3v) is 2.34. The summed E-state index contributed by atoms with van der Waals surface area (Å²) in [4.78, 5) is 14.5. The van der Waals surface area contributed by atoms with Crippen LogP contribution < -0.4 is 5.56 Å². The number of aryl methyl sites for hydroxylation is 2. The van der Waals surface area contributed by atoms with Crippen LogP contribution in [0.15, 0.2) is 11.0 Å². The molecule has 2 aromatic rings.